The van der Waals surface area contributed by atoms with Gasteiger partial charge in [-0.05, 0) is 47.5 Å². The number of amides is 2. The van der Waals surface area contributed by atoms with E-state index in [1.807, 2.05) is 44.6 Å². The number of hydrogen-bond donors (Lipinski definition) is 3. The van der Waals surface area contributed by atoms with Crippen molar-refractivity contribution in [2.24, 2.45) is 0 Å². The molecule has 4 aromatic rings. The van der Waals surface area contributed by atoms with E-state index >= 15 is 0 Å². The van der Waals surface area contributed by atoms with E-state index in [0.29, 0.717) is 23.5 Å². The smallest absolute Gasteiger partial charge is 0.251 e. The van der Waals surface area contributed by atoms with Gasteiger partial charge in [0.15, 0.2) is 0 Å². The quantitative estimate of drug-likeness (QED) is 0.377. The van der Waals surface area contributed by atoms with Crippen molar-refractivity contribution in [2.45, 2.75) is 10.8 Å². The Hall–Kier alpha value is -3.71. The number of rotatable bonds is 6. The number of anilines is 2. The van der Waals surface area contributed by atoms with Crippen LogP contribution in [0.15, 0.2) is 77.8 Å². The fourth-order valence-corrected chi connectivity index (χ4v) is 5.10. The second-order valence-corrected chi connectivity index (χ2v) is 9.60. The van der Waals surface area contributed by atoms with Gasteiger partial charge in [0.25, 0.3) is 5.91 Å². The normalized spacial score (nSPS) is 13.8. The van der Waals surface area contributed by atoms with Crippen LogP contribution in [-0.2, 0) is 4.79 Å². The van der Waals surface area contributed by atoms with Crippen LogP contribution in [-0.4, -0.2) is 43.2 Å². The van der Waals surface area contributed by atoms with Crippen LogP contribution in [0.3, 0.4) is 0 Å². The van der Waals surface area contributed by atoms with Gasteiger partial charge < -0.3 is 20.5 Å². The standard InChI is InChI=1S/C27H26N4O2S/c1-31(2)19-10-7-17(8-11-19)21(22-15-28-23-6-4-3-5-20(22)23)14-29-27(33)18-9-12-25-24(13-18)30-26(32)16-34-25/h3-13,15,21,28H,14,16H2,1-2H3,(H,29,33)(H,30,32)/t21-/m0/s1. The highest BCUT2D eigenvalue weighted by Crippen LogP contribution is 2.33. The second kappa shape index (κ2) is 9.27. The third-order valence-corrected chi connectivity index (χ3v) is 7.22. The average molecular weight is 471 g/mol. The molecule has 1 aliphatic rings. The number of benzene rings is 3. The summed E-state index contributed by atoms with van der Waals surface area (Å²) in [6.07, 6.45) is 2.03. The number of hydrogen-bond acceptors (Lipinski definition) is 4. The number of fused-ring (bicyclic) bond motifs is 2. The molecule has 0 unspecified atom stereocenters. The van der Waals surface area contributed by atoms with Crippen molar-refractivity contribution < 1.29 is 9.59 Å². The molecule has 34 heavy (non-hydrogen) atoms. The van der Waals surface area contributed by atoms with Gasteiger partial charge in [-0.15, -0.1) is 11.8 Å². The molecule has 0 saturated carbocycles. The highest BCUT2D eigenvalue weighted by molar-refractivity contribution is 8.00. The van der Waals surface area contributed by atoms with Gasteiger partial charge in [-0.1, -0.05) is 30.3 Å². The van der Waals surface area contributed by atoms with Crippen molar-refractivity contribution in [3.8, 4) is 0 Å². The van der Waals surface area contributed by atoms with Crippen LogP contribution in [0.2, 0.25) is 0 Å². The zero-order valence-corrected chi connectivity index (χ0v) is 19.9. The Labute approximate surface area is 202 Å². The molecule has 1 aliphatic heterocycles. The number of para-hydroxylation sites is 1. The molecule has 1 aromatic heterocycles. The molecule has 6 nitrogen and oxygen atoms in total. The number of carbonyl (C=O) groups is 2. The molecule has 5 rings (SSSR count). The Morgan fingerprint density at radius 3 is 2.68 bits per heavy atom. The first-order valence-corrected chi connectivity index (χ1v) is 12.2. The summed E-state index contributed by atoms with van der Waals surface area (Å²) >= 11 is 1.48. The minimum atomic E-state index is -0.164. The van der Waals surface area contributed by atoms with E-state index in [2.05, 4.69) is 56.9 Å². The number of thioether (sulfide) groups is 1. The maximum atomic E-state index is 13.1. The topological polar surface area (TPSA) is 77.2 Å². The van der Waals surface area contributed by atoms with Gasteiger partial charge in [0.1, 0.15) is 0 Å². The van der Waals surface area contributed by atoms with Crippen LogP contribution in [0.1, 0.15) is 27.4 Å². The van der Waals surface area contributed by atoms with Crippen LogP contribution in [0.5, 0.6) is 0 Å². The summed E-state index contributed by atoms with van der Waals surface area (Å²) in [7, 11) is 4.04. The van der Waals surface area contributed by atoms with E-state index in [1.54, 1.807) is 6.07 Å². The zero-order valence-electron chi connectivity index (χ0n) is 19.1. The number of aromatic amines is 1. The van der Waals surface area contributed by atoms with Crippen molar-refractivity contribution in [3.63, 3.8) is 0 Å². The lowest BCUT2D eigenvalue weighted by molar-refractivity contribution is -0.113. The van der Waals surface area contributed by atoms with Gasteiger partial charge in [-0.3, -0.25) is 9.59 Å². The number of carbonyl (C=O) groups excluding carboxylic acids is 2. The maximum Gasteiger partial charge on any atom is 0.251 e. The fraction of sp³-hybridized carbons (Fsp3) is 0.185. The first-order valence-electron chi connectivity index (χ1n) is 11.2. The summed E-state index contributed by atoms with van der Waals surface area (Å²) in [5.74, 6) is 0.166. The third-order valence-electron chi connectivity index (χ3n) is 6.15. The Kier molecular flexibility index (Phi) is 6.02. The van der Waals surface area contributed by atoms with Crippen LogP contribution in [0.4, 0.5) is 11.4 Å². The molecule has 0 radical (unpaired) electrons. The van der Waals surface area contributed by atoms with Crippen molar-refractivity contribution in [2.75, 3.05) is 36.6 Å². The van der Waals surface area contributed by atoms with Crippen molar-refractivity contribution in [3.05, 3.63) is 89.6 Å². The second-order valence-electron chi connectivity index (χ2n) is 8.59. The van der Waals surface area contributed by atoms with E-state index in [0.717, 1.165) is 32.6 Å². The Bertz CT molecular complexity index is 1360. The summed E-state index contributed by atoms with van der Waals surface area (Å²) in [4.78, 5) is 31.2. The van der Waals surface area contributed by atoms with E-state index in [1.165, 1.54) is 11.8 Å². The predicted molar refractivity (Wildman–Crippen MR) is 139 cm³/mol. The first-order chi connectivity index (χ1) is 16.5. The summed E-state index contributed by atoms with van der Waals surface area (Å²) in [6.45, 7) is 0.445. The van der Waals surface area contributed by atoms with Gasteiger partial charge in [0.05, 0.1) is 11.4 Å². The lowest BCUT2D eigenvalue weighted by Gasteiger charge is -2.20. The van der Waals surface area contributed by atoms with Gasteiger partial charge in [0, 0.05) is 59.8 Å². The number of H-pyrrole nitrogens is 1. The molecule has 0 bridgehead atoms. The molecule has 0 fully saturated rings. The van der Waals surface area contributed by atoms with Crippen LogP contribution < -0.4 is 15.5 Å². The van der Waals surface area contributed by atoms with E-state index in [-0.39, 0.29) is 17.7 Å². The molecule has 0 saturated heterocycles. The molecule has 1 atom stereocenters. The van der Waals surface area contributed by atoms with Crippen LogP contribution in [0.25, 0.3) is 10.9 Å². The maximum absolute atomic E-state index is 13.1. The molecule has 172 valence electrons. The predicted octanol–water partition coefficient (Wildman–Crippen LogP) is 4.84. The van der Waals surface area contributed by atoms with Gasteiger partial charge in [0.2, 0.25) is 5.91 Å². The highest BCUT2D eigenvalue weighted by atomic mass is 32.2. The molecule has 3 N–H and O–H groups in total. The molecule has 2 heterocycles. The van der Waals surface area contributed by atoms with Crippen molar-refractivity contribution >= 4 is 45.9 Å². The summed E-state index contributed by atoms with van der Waals surface area (Å²) in [6, 6.07) is 22.1. The molecule has 7 heteroatoms. The average Bonchev–Trinajstić information content (AvgIpc) is 3.28. The Morgan fingerprint density at radius 2 is 1.88 bits per heavy atom. The summed E-state index contributed by atoms with van der Waals surface area (Å²) in [5, 5.41) is 7.12. The largest absolute Gasteiger partial charge is 0.378 e. The Balaban J connectivity index is 1.42. The van der Waals surface area contributed by atoms with Gasteiger partial charge in [-0.25, -0.2) is 0 Å². The SMILES string of the molecule is CN(C)c1ccc([C@H](CNC(=O)c2ccc3c(c2)NC(=O)CS3)c2c[nH]c3ccccc23)cc1. The van der Waals surface area contributed by atoms with Crippen molar-refractivity contribution in [1.82, 2.24) is 10.3 Å². The summed E-state index contributed by atoms with van der Waals surface area (Å²) < 4.78 is 0. The zero-order chi connectivity index (χ0) is 23.7. The van der Waals surface area contributed by atoms with Crippen LogP contribution in [0, 0.1) is 0 Å². The van der Waals surface area contributed by atoms with Gasteiger partial charge >= 0.3 is 0 Å². The lowest BCUT2D eigenvalue weighted by atomic mass is 9.90. The third kappa shape index (κ3) is 4.39. The number of nitrogens with zero attached hydrogens (tertiary/aromatic N) is 1. The van der Waals surface area contributed by atoms with E-state index in [4.69, 9.17) is 0 Å². The van der Waals surface area contributed by atoms with E-state index < -0.39 is 0 Å². The van der Waals surface area contributed by atoms with Crippen LogP contribution >= 0.6 is 11.8 Å². The molecule has 0 spiro atoms. The molecular formula is C27H26N4O2S. The molecule has 2 amide bonds. The van der Waals surface area contributed by atoms with E-state index in [9.17, 15) is 9.59 Å². The lowest BCUT2D eigenvalue weighted by Crippen LogP contribution is -2.29. The highest BCUT2D eigenvalue weighted by Gasteiger charge is 2.21. The van der Waals surface area contributed by atoms with Crippen molar-refractivity contribution in [1.29, 1.82) is 0 Å². The molecular weight excluding hydrogens is 444 g/mol. The molecule has 0 aliphatic carbocycles. The number of nitrogens with one attached hydrogen (secondary N) is 3. The Morgan fingerprint density at radius 1 is 1.09 bits per heavy atom. The molecule has 3 aromatic carbocycles. The fourth-order valence-electron chi connectivity index (χ4n) is 4.32. The minimum Gasteiger partial charge on any atom is -0.378 e. The first kappa shape index (κ1) is 22.1. The monoisotopic (exact) mass is 470 g/mol. The summed E-state index contributed by atoms with van der Waals surface area (Å²) in [5.41, 5.74) is 5.69. The van der Waals surface area contributed by atoms with Gasteiger partial charge in [-0.2, -0.15) is 0 Å². The number of aromatic nitrogens is 1. The minimum absolute atomic E-state index is 0.0239.